The van der Waals surface area contributed by atoms with E-state index in [4.69, 9.17) is 0 Å². The van der Waals surface area contributed by atoms with Gasteiger partial charge in [-0.05, 0) is 71.0 Å². The van der Waals surface area contributed by atoms with Crippen LogP contribution in [0.1, 0.15) is 0 Å². The predicted octanol–water partition coefficient (Wildman–Crippen LogP) is 1.48. The van der Waals surface area contributed by atoms with Gasteiger partial charge in [0.1, 0.15) is 0 Å². The van der Waals surface area contributed by atoms with Gasteiger partial charge in [0.25, 0.3) is 0 Å². The fraction of sp³-hybridized carbons (Fsp3) is 1.00. The molecule has 0 nitrogen and oxygen atoms in total. The molecule has 8 aliphatic carbocycles. The van der Waals surface area contributed by atoms with Crippen molar-refractivity contribution in [3.05, 3.63) is 0 Å². The zero-order valence-corrected chi connectivity index (χ0v) is 6.93. The Morgan fingerprint density at radius 1 is 0.167 bits per heavy atom. The van der Waals surface area contributed by atoms with Crippen molar-refractivity contribution in [2.75, 3.05) is 0 Å². The van der Waals surface area contributed by atoms with Crippen LogP contribution in [0.15, 0.2) is 0 Å². The summed E-state index contributed by atoms with van der Waals surface area (Å²) >= 11 is 0. The van der Waals surface area contributed by atoms with Gasteiger partial charge in [-0.2, -0.15) is 0 Å². The van der Waals surface area contributed by atoms with Crippen molar-refractivity contribution in [1.82, 2.24) is 0 Å². The molecular weight excluding hydrogens is 144 g/mol. The third kappa shape index (κ3) is 0.175. The summed E-state index contributed by atoms with van der Waals surface area (Å²) in [6.45, 7) is 0. The monoisotopic (exact) mass is 156 g/mol. The molecule has 0 amide bonds. The number of hydrogen-bond donors (Lipinski definition) is 0. The Bertz CT molecular complexity index is 255. The summed E-state index contributed by atoms with van der Waals surface area (Å²) in [4.78, 5) is 0. The first-order valence-corrected chi connectivity index (χ1v) is 6.00. The zero-order chi connectivity index (χ0) is 6.93. The van der Waals surface area contributed by atoms with Crippen molar-refractivity contribution >= 4 is 0 Å². The first-order chi connectivity index (χ1) is 6.00. The molecule has 0 unspecified atom stereocenters. The first kappa shape index (κ1) is 4.48. The summed E-state index contributed by atoms with van der Waals surface area (Å²) < 4.78 is 0. The Morgan fingerprint density at radius 3 is 0.333 bits per heavy atom. The first-order valence-electron chi connectivity index (χ1n) is 6.00. The average molecular weight is 156 g/mol. The van der Waals surface area contributed by atoms with Gasteiger partial charge in [-0.25, -0.2) is 0 Å². The van der Waals surface area contributed by atoms with Crippen LogP contribution in [0.4, 0.5) is 0 Å². The summed E-state index contributed by atoms with van der Waals surface area (Å²) in [6.07, 6.45) is 0. The van der Waals surface area contributed by atoms with E-state index in [1.54, 1.807) is 0 Å². The largest absolute Gasteiger partial charge is 0.0312 e. The minimum atomic E-state index is 1.33. The van der Waals surface area contributed by atoms with E-state index in [1.807, 2.05) is 0 Å². The molecule has 0 spiro atoms. The normalized spacial score (nSPS) is 108. The molecule has 8 aliphatic rings. The van der Waals surface area contributed by atoms with Gasteiger partial charge in [0.05, 0.1) is 0 Å². The van der Waals surface area contributed by atoms with Crippen LogP contribution in [0.2, 0.25) is 0 Å². The summed E-state index contributed by atoms with van der Waals surface area (Å²) in [5, 5.41) is 0. The molecule has 8 saturated carbocycles. The van der Waals surface area contributed by atoms with Crippen molar-refractivity contribution in [3.63, 3.8) is 0 Å². The van der Waals surface area contributed by atoms with Crippen LogP contribution in [0.3, 0.4) is 0 Å². The highest BCUT2D eigenvalue weighted by atomic mass is 15.0. The lowest BCUT2D eigenvalue weighted by Gasteiger charge is -2.27. The minimum absolute atomic E-state index is 1.33. The molecule has 0 aliphatic heterocycles. The van der Waals surface area contributed by atoms with E-state index in [0.29, 0.717) is 0 Å². The zero-order valence-electron chi connectivity index (χ0n) is 6.93. The fourth-order valence-corrected chi connectivity index (χ4v) is 8.47. The van der Waals surface area contributed by atoms with Crippen LogP contribution in [0, 0.1) is 71.0 Å². The van der Waals surface area contributed by atoms with Crippen LogP contribution >= 0.6 is 0 Å². The molecule has 0 heteroatoms. The maximum Gasteiger partial charge on any atom is -0.0312 e. The Hall–Kier alpha value is 0. The Kier molecular flexibility index (Phi) is 0.317. The van der Waals surface area contributed by atoms with E-state index < -0.39 is 0 Å². The molecule has 0 heterocycles. The van der Waals surface area contributed by atoms with Gasteiger partial charge in [0.2, 0.25) is 0 Å². The smallest absolute Gasteiger partial charge is 0.0312 e. The summed E-state index contributed by atoms with van der Waals surface area (Å²) in [5.41, 5.74) is 0. The SMILES string of the molecule is C12C3C1C1C4C5C6C5C1C3C6C24. The van der Waals surface area contributed by atoms with E-state index in [-0.39, 0.29) is 0 Å². The minimum Gasteiger partial charge on any atom is -0.0312 e. The highest BCUT2D eigenvalue weighted by Crippen LogP contribution is 3.01. The Labute approximate surface area is 71.7 Å². The third-order valence-electron chi connectivity index (χ3n) is 7.72. The molecule has 0 radical (unpaired) electrons. The van der Waals surface area contributed by atoms with Crippen molar-refractivity contribution in [3.8, 4) is 0 Å². The van der Waals surface area contributed by atoms with E-state index in [9.17, 15) is 0 Å². The standard InChI is InChI=1S/C12H12/c1-2-4-6-5(11-7(1)10(4)11)3(1)9-8(2)12(6)9/h1-12H. The number of hydrogen-bond acceptors (Lipinski definition) is 0. The molecule has 0 N–H and O–H groups in total. The maximum absolute atomic E-state index is 1.33. The fourth-order valence-electron chi connectivity index (χ4n) is 8.47. The number of rotatable bonds is 0. The van der Waals surface area contributed by atoms with E-state index in [1.165, 1.54) is 71.0 Å². The Morgan fingerprint density at radius 2 is 0.250 bits per heavy atom. The second kappa shape index (κ2) is 0.849. The van der Waals surface area contributed by atoms with Crippen molar-refractivity contribution in [2.24, 2.45) is 71.0 Å². The Balaban J connectivity index is 1.81. The summed E-state index contributed by atoms with van der Waals surface area (Å²) in [5.74, 6) is 16.0. The van der Waals surface area contributed by atoms with Gasteiger partial charge in [0.15, 0.2) is 0 Å². The molecule has 0 bridgehead atoms. The molecule has 0 aromatic rings. The van der Waals surface area contributed by atoms with Gasteiger partial charge in [-0.3, -0.25) is 0 Å². The lowest BCUT2D eigenvalue weighted by Crippen LogP contribution is -2.23. The molecular formula is C12H12. The second-order valence-corrected chi connectivity index (χ2v) is 6.93. The lowest BCUT2D eigenvalue weighted by molar-refractivity contribution is 0.198. The highest BCUT2D eigenvalue weighted by molar-refractivity contribution is 5.44. The highest BCUT2D eigenvalue weighted by Gasteiger charge is 2.98. The van der Waals surface area contributed by atoms with E-state index in [2.05, 4.69) is 0 Å². The van der Waals surface area contributed by atoms with Crippen LogP contribution in [-0.4, -0.2) is 0 Å². The van der Waals surface area contributed by atoms with Gasteiger partial charge in [0, 0.05) is 0 Å². The van der Waals surface area contributed by atoms with Crippen molar-refractivity contribution < 1.29 is 0 Å². The van der Waals surface area contributed by atoms with Crippen molar-refractivity contribution in [1.29, 1.82) is 0 Å². The van der Waals surface area contributed by atoms with Crippen LogP contribution in [0.25, 0.3) is 0 Å². The molecule has 60 valence electrons. The molecule has 12 heavy (non-hydrogen) atoms. The van der Waals surface area contributed by atoms with Gasteiger partial charge in [-0.1, -0.05) is 0 Å². The van der Waals surface area contributed by atoms with Gasteiger partial charge in [-0.15, -0.1) is 0 Å². The molecule has 8 rings (SSSR count). The quantitative estimate of drug-likeness (QED) is 0.498. The molecule has 0 saturated heterocycles. The van der Waals surface area contributed by atoms with E-state index >= 15 is 0 Å². The maximum atomic E-state index is 1.33. The summed E-state index contributed by atoms with van der Waals surface area (Å²) in [6, 6.07) is 0. The van der Waals surface area contributed by atoms with Crippen LogP contribution in [0.5, 0.6) is 0 Å². The van der Waals surface area contributed by atoms with Crippen molar-refractivity contribution in [2.45, 2.75) is 0 Å². The van der Waals surface area contributed by atoms with Crippen LogP contribution in [-0.2, 0) is 0 Å². The second-order valence-electron chi connectivity index (χ2n) is 6.93. The molecule has 0 aromatic carbocycles. The van der Waals surface area contributed by atoms with E-state index in [0.717, 1.165) is 0 Å². The van der Waals surface area contributed by atoms with Gasteiger partial charge >= 0.3 is 0 Å². The summed E-state index contributed by atoms with van der Waals surface area (Å²) in [7, 11) is 0. The topological polar surface area (TPSA) is 0 Å². The lowest BCUT2D eigenvalue weighted by atomic mass is 9.78. The molecule has 0 atom stereocenters. The van der Waals surface area contributed by atoms with Crippen LogP contribution < -0.4 is 0 Å². The predicted molar refractivity (Wildman–Crippen MR) is 41.9 cm³/mol. The third-order valence-corrected chi connectivity index (χ3v) is 7.72. The van der Waals surface area contributed by atoms with Gasteiger partial charge < -0.3 is 0 Å². The molecule has 8 fully saturated rings. The average Bonchev–Trinajstić information content (AvgIpc) is 2.51. The molecule has 0 aromatic heterocycles.